The number of hydrogen-bond donors (Lipinski definition) is 4. The monoisotopic (exact) mass is 295 g/mol. The summed E-state index contributed by atoms with van der Waals surface area (Å²) in [5, 5.41) is 19.6. The Bertz CT molecular complexity index is 553. The van der Waals surface area contributed by atoms with Crippen molar-refractivity contribution in [3.05, 3.63) is 29.8 Å². The van der Waals surface area contributed by atoms with Gasteiger partial charge in [-0.05, 0) is 24.3 Å². The Balaban J connectivity index is 2.77. The van der Waals surface area contributed by atoms with E-state index in [2.05, 4.69) is 5.32 Å². The number of carboxylic acids is 2. The molecular formula is C12H13N3O6. The first-order valence-corrected chi connectivity index (χ1v) is 5.69. The van der Waals surface area contributed by atoms with Gasteiger partial charge < -0.3 is 26.2 Å². The van der Waals surface area contributed by atoms with Gasteiger partial charge in [0.05, 0.1) is 0 Å². The first kappa shape index (κ1) is 16.0. The van der Waals surface area contributed by atoms with Crippen molar-refractivity contribution in [1.29, 1.82) is 0 Å². The molecule has 0 aliphatic rings. The van der Waals surface area contributed by atoms with E-state index in [0.717, 1.165) is 0 Å². The van der Waals surface area contributed by atoms with Gasteiger partial charge in [-0.2, -0.15) is 0 Å². The first-order chi connectivity index (χ1) is 9.79. The summed E-state index contributed by atoms with van der Waals surface area (Å²) in [6.07, 6.45) is 0. The van der Waals surface area contributed by atoms with Gasteiger partial charge in [0, 0.05) is 11.3 Å². The largest absolute Gasteiger partial charge is 0.480 e. The van der Waals surface area contributed by atoms with E-state index in [-0.39, 0.29) is 11.3 Å². The molecule has 9 heteroatoms. The molecule has 0 bridgehead atoms. The van der Waals surface area contributed by atoms with E-state index in [9.17, 15) is 19.2 Å². The second-order valence-corrected chi connectivity index (χ2v) is 4.02. The Morgan fingerprint density at radius 3 is 1.86 bits per heavy atom. The Labute approximate surface area is 119 Å². The number of primary amides is 1. The highest BCUT2D eigenvalue weighted by atomic mass is 16.4. The molecule has 0 atom stereocenters. The van der Waals surface area contributed by atoms with Crippen LogP contribution in [0.15, 0.2) is 24.3 Å². The van der Waals surface area contributed by atoms with Crippen LogP contribution in [-0.4, -0.2) is 52.1 Å². The van der Waals surface area contributed by atoms with Gasteiger partial charge in [0.2, 0.25) is 5.91 Å². The highest BCUT2D eigenvalue weighted by Crippen LogP contribution is 2.10. The lowest BCUT2D eigenvalue weighted by Gasteiger charge is -2.19. The number of nitrogens with zero attached hydrogens (tertiary/aromatic N) is 1. The molecule has 1 aromatic carbocycles. The number of carbonyl (C=O) groups excluding carboxylic acids is 2. The molecule has 0 aliphatic carbocycles. The molecule has 21 heavy (non-hydrogen) atoms. The SMILES string of the molecule is NC(=O)c1ccc(NC(=O)N(CC(=O)O)CC(=O)O)cc1. The van der Waals surface area contributed by atoms with Crippen LogP contribution in [0.4, 0.5) is 10.5 Å². The van der Waals surface area contributed by atoms with Crippen LogP contribution in [0, 0.1) is 0 Å². The summed E-state index contributed by atoms with van der Waals surface area (Å²) in [7, 11) is 0. The van der Waals surface area contributed by atoms with Gasteiger partial charge in [-0.15, -0.1) is 0 Å². The topological polar surface area (TPSA) is 150 Å². The lowest BCUT2D eigenvalue weighted by Crippen LogP contribution is -2.41. The van der Waals surface area contributed by atoms with Crippen molar-refractivity contribution in [3.63, 3.8) is 0 Å². The maximum atomic E-state index is 11.8. The predicted molar refractivity (Wildman–Crippen MR) is 70.8 cm³/mol. The van der Waals surface area contributed by atoms with Crippen molar-refractivity contribution < 1.29 is 29.4 Å². The summed E-state index contributed by atoms with van der Waals surface area (Å²) in [4.78, 5) is 44.5. The van der Waals surface area contributed by atoms with Crippen LogP contribution in [0.25, 0.3) is 0 Å². The van der Waals surface area contributed by atoms with E-state index in [4.69, 9.17) is 15.9 Å². The maximum Gasteiger partial charge on any atom is 0.323 e. The third-order valence-corrected chi connectivity index (χ3v) is 2.36. The third kappa shape index (κ3) is 5.19. The molecule has 0 heterocycles. The molecule has 3 amide bonds. The molecular weight excluding hydrogens is 282 g/mol. The lowest BCUT2D eigenvalue weighted by atomic mass is 10.2. The summed E-state index contributed by atoms with van der Waals surface area (Å²) in [5.74, 6) is -3.31. The van der Waals surface area contributed by atoms with Crippen molar-refractivity contribution in [2.24, 2.45) is 5.73 Å². The van der Waals surface area contributed by atoms with Gasteiger partial charge in [0.25, 0.3) is 0 Å². The third-order valence-electron chi connectivity index (χ3n) is 2.36. The molecule has 0 aliphatic heterocycles. The fourth-order valence-electron chi connectivity index (χ4n) is 1.45. The summed E-state index contributed by atoms with van der Waals surface area (Å²) in [6.45, 7) is -1.50. The average molecular weight is 295 g/mol. The van der Waals surface area contributed by atoms with Gasteiger partial charge in [0.15, 0.2) is 0 Å². The summed E-state index contributed by atoms with van der Waals surface area (Å²) < 4.78 is 0. The van der Waals surface area contributed by atoms with Crippen LogP contribution in [0.5, 0.6) is 0 Å². The normalized spacial score (nSPS) is 9.71. The molecule has 0 fully saturated rings. The van der Waals surface area contributed by atoms with E-state index >= 15 is 0 Å². The van der Waals surface area contributed by atoms with E-state index in [1.807, 2.05) is 0 Å². The molecule has 0 unspecified atom stereocenters. The number of nitrogens with two attached hydrogens (primary N) is 1. The van der Waals surface area contributed by atoms with E-state index in [1.165, 1.54) is 24.3 Å². The number of carbonyl (C=O) groups is 4. The number of carboxylic acid groups (broad SMARTS) is 2. The van der Waals surface area contributed by atoms with Gasteiger partial charge >= 0.3 is 18.0 Å². The standard InChI is InChI=1S/C12H13N3O6/c13-11(20)7-1-3-8(4-2-7)14-12(21)15(5-9(16)17)6-10(18)19/h1-4H,5-6H2,(H2,13,20)(H,14,21)(H,16,17)(H,18,19). The molecule has 0 saturated carbocycles. The van der Waals surface area contributed by atoms with Crippen LogP contribution in [0.1, 0.15) is 10.4 Å². The van der Waals surface area contributed by atoms with Crippen LogP contribution in [0.2, 0.25) is 0 Å². The van der Waals surface area contributed by atoms with Gasteiger partial charge in [0.1, 0.15) is 13.1 Å². The Hall–Kier alpha value is -3.10. The number of anilines is 1. The lowest BCUT2D eigenvalue weighted by molar-refractivity contribution is -0.140. The Kier molecular flexibility index (Phi) is 5.24. The van der Waals surface area contributed by atoms with Crippen molar-refractivity contribution in [1.82, 2.24) is 4.90 Å². The van der Waals surface area contributed by atoms with Crippen LogP contribution in [0.3, 0.4) is 0 Å². The number of hydrogen-bond acceptors (Lipinski definition) is 4. The minimum absolute atomic E-state index is 0.237. The zero-order valence-electron chi connectivity index (χ0n) is 10.8. The molecule has 0 radical (unpaired) electrons. The molecule has 0 saturated heterocycles. The quantitative estimate of drug-likeness (QED) is 0.570. The van der Waals surface area contributed by atoms with Crippen molar-refractivity contribution >= 4 is 29.6 Å². The second-order valence-electron chi connectivity index (χ2n) is 4.02. The average Bonchev–Trinajstić information content (AvgIpc) is 2.37. The molecule has 0 spiro atoms. The zero-order valence-corrected chi connectivity index (χ0v) is 10.8. The summed E-state index contributed by atoms with van der Waals surface area (Å²) >= 11 is 0. The highest BCUT2D eigenvalue weighted by Gasteiger charge is 2.19. The Morgan fingerprint density at radius 1 is 1.00 bits per heavy atom. The first-order valence-electron chi connectivity index (χ1n) is 5.69. The summed E-state index contributed by atoms with van der Waals surface area (Å²) in [5.41, 5.74) is 5.56. The summed E-state index contributed by atoms with van der Waals surface area (Å²) in [6, 6.07) is 4.63. The van der Waals surface area contributed by atoms with Crippen LogP contribution < -0.4 is 11.1 Å². The van der Waals surface area contributed by atoms with E-state index in [1.54, 1.807) is 0 Å². The number of urea groups is 1. The fraction of sp³-hybridized carbons (Fsp3) is 0.167. The van der Waals surface area contributed by atoms with Crippen LogP contribution >= 0.6 is 0 Å². The highest BCUT2D eigenvalue weighted by molar-refractivity contribution is 5.95. The van der Waals surface area contributed by atoms with Gasteiger partial charge in [-0.3, -0.25) is 14.4 Å². The molecule has 9 nitrogen and oxygen atoms in total. The molecule has 5 N–H and O–H groups in total. The molecule has 0 aromatic heterocycles. The number of amides is 3. The predicted octanol–water partition coefficient (Wildman–Crippen LogP) is -0.211. The van der Waals surface area contributed by atoms with Crippen molar-refractivity contribution in [3.8, 4) is 0 Å². The van der Waals surface area contributed by atoms with E-state index < -0.39 is 37.0 Å². The van der Waals surface area contributed by atoms with E-state index in [0.29, 0.717) is 4.90 Å². The van der Waals surface area contributed by atoms with Crippen LogP contribution in [-0.2, 0) is 9.59 Å². The zero-order chi connectivity index (χ0) is 16.0. The number of benzene rings is 1. The Morgan fingerprint density at radius 2 is 1.48 bits per heavy atom. The second kappa shape index (κ2) is 6.89. The van der Waals surface area contributed by atoms with Gasteiger partial charge in [-0.1, -0.05) is 0 Å². The van der Waals surface area contributed by atoms with Gasteiger partial charge in [-0.25, -0.2) is 4.79 Å². The molecule has 1 rings (SSSR count). The van der Waals surface area contributed by atoms with Crippen molar-refractivity contribution in [2.75, 3.05) is 18.4 Å². The smallest absolute Gasteiger partial charge is 0.323 e. The maximum absolute atomic E-state index is 11.8. The number of rotatable bonds is 6. The number of aliphatic carboxylic acids is 2. The molecule has 112 valence electrons. The molecule has 1 aromatic rings. The minimum atomic E-state index is -1.34. The fourth-order valence-corrected chi connectivity index (χ4v) is 1.45. The van der Waals surface area contributed by atoms with Crippen molar-refractivity contribution in [2.45, 2.75) is 0 Å². The minimum Gasteiger partial charge on any atom is -0.480 e. The number of nitrogens with one attached hydrogen (secondary N) is 1.